The molecule has 9 nitrogen and oxygen atoms in total. The summed E-state index contributed by atoms with van der Waals surface area (Å²) in [6.45, 7) is 15.6. The predicted molar refractivity (Wildman–Crippen MR) is 129 cm³/mol. The Bertz CT molecular complexity index is 712. The van der Waals surface area contributed by atoms with Gasteiger partial charge in [-0.3, -0.25) is 4.99 Å². The van der Waals surface area contributed by atoms with E-state index in [1.165, 1.54) is 0 Å². The minimum absolute atomic E-state index is 0. The lowest BCUT2D eigenvalue weighted by molar-refractivity contribution is 0.0493. The predicted octanol–water partition coefficient (Wildman–Crippen LogP) is 2.62. The smallest absolute Gasteiger partial charge is 0.407 e. The highest BCUT2D eigenvalue weighted by atomic mass is 127. The number of aliphatic imine (C=N–C) groups is 1. The van der Waals surface area contributed by atoms with E-state index in [2.05, 4.69) is 39.9 Å². The zero-order chi connectivity index (χ0) is 21.6. The maximum atomic E-state index is 12.2. The summed E-state index contributed by atoms with van der Waals surface area (Å²) in [6.07, 6.45) is 1.46. The summed E-state index contributed by atoms with van der Waals surface area (Å²) in [5.41, 5.74) is -0.523. The molecule has 1 amide bonds. The quantitative estimate of drug-likeness (QED) is 0.294. The Morgan fingerprint density at radius 3 is 2.67 bits per heavy atom. The number of alkyl carbamates (subject to hydrolysis) is 1. The molecule has 3 N–H and O–H groups in total. The van der Waals surface area contributed by atoms with Gasteiger partial charge in [-0.25, -0.2) is 14.5 Å². The maximum Gasteiger partial charge on any atom is 0.407 e. The molecule has 10 heteroatoms. The molecule has 1 aromatic heterocycles. The Morgan fingerprint density at radius 2 is 2.07 bits per heavy atom. The Hall–Kier alpha value is -1.59. The molecular formula is C20H38IN7O2. The van der Waals surface area contributed by atoms with Gasteiger partial charge in [-0.05, 0) is 47.0 Å². The van der Waals surface area contributed by atoms with E-state index in [-0.39, 0.29) is 42.0 Å². The van der Waals surface area contributed by atoms with E-state index in [1.807, 2.05) is 39.3 Å². The lowest BCUT2D eigenvalue weighted by Gasteiger charge is -2.27. The average molecular weight is 535 g/mol. The summed E-state index contributed by atoms with van der Waals surface area (Å²) in [6, 6.07) is 0.119. The second kappa shape index (κ2) is 11.7. The topological polar surface area (TPSA) is 105 Å². The molecule has 1 aromatic rings. The largest absolute Gasteiger partial charge is 0.444 e. The first kappa shape index (κ1) is 26.4. The molecule has 1 aliphatic heterocycles. The molecule has 0 bridgehead atoms. The second-order valence-corrected chi connectivity index (χ2v) is 8.85. The van der Waals surface area contributed by atoms with Crippen molar-refractivity contribution in [1.29, 1.82) is 0 Å². The first-order chi connectivity index (χ1) is 13.6. The Kier molecular flexibility index (Phi) is 10.3. The summed E-state index contributed by atoms with van der Waals surface area (Å²) >= 11 is 0. The van der Waals surface area contributed by atoms with Crippen LogP contribution in [0.15, 0.2) is 4.99 Å². The van der Waals surface area contributed by atoms with Gasteiger partial charge in [0.1, 0.15) is 17.2 Å². The van der Waals surface area contributed by atoms with Crippen LogP contribution < -0.4 is 16.0 Å². The SMILES string of the molecule is CCNC(=NCC(NC(=O)OC(C)(C)C)C(C)C)NC1CCc2nc(C)nn2C1.I. The van der Waals surface area contributed by atoms with Gasteiger partial charge in [-0.15, -0.1) is 24.0 Å². The number of rotatable bonds is 6. The number of carbonyl (C=O) groups is 1. The van der Waals surface area contributed by atoms with Crippen molar-refractivity contribution < 1.29 is 9.53 Å². The van der Waals surface area contributed by atoms with Gasteiger partial charge in [0.05, 0.1) is 19.1 Å². The molecule has 0 saturated carbocycles. The van der Waals surface area contributed by atoms with Crippen LogP contribution >= 0.6 is 24.0 Å². The number of nitrogens with zero attached hydrogens (tertiary/aromatic N) is 4. The minimum atomic E-state index is -0.523. The molecule has 2 heterocycles. The van der Waals surface area contributed by atoms with Crippen molar-refractivity contribution in [2.24, 2.45) is 10.9 Å². The van der Waals surface area contributed by atoms with E-state index in [0.717, 1.165) is 43.5 Å². The van der Waals surface area contributed by atoms with Gasteiger partial charge in [0.25, 0.3) is 0 Å². The highest BCUT2D eigenvalue weighted by molar-refractivity contribution is 14.0. The molecule has 0 fully saturated rings. The third-order valence-electron chi connectivity index (χ3n) is 4.60. The normalized spacial score (nSPS) is 17.6. The molecule has 172 valence electrons. The Morgan fingerprint density at radius 1 is 1.37 bits per heavy atom. The zero-order valence-electron chi connectivity index (χ0n) is 19.3. The molecule has 1 aliphatic rings. The number of nitrogens with one attached hydrogen (secondary N) is 3. The number of hydrogen-bond acceptors (Lipinski definition) is 5. The molecule has 0 aliphatic carbocycles. The molecule has 0 aromatic carbocycles. The van der Waals surface area contributed by atoms with Gasteiger partial charge in [0.15, 0.2) is 5.96 Å². The Labute approximate surface area is 197 Å². The number of ether oxygens (including phenoxy) is 1. The number of halogens is 1. The first-order valence-corrected chi connectivity index (χ1v) is 10.5. The van der Waals surface area contributed by atoms with Gasteiger partial charge in [-0.2, -0.15) is 5.10 Å². The number of fused-ring (bicyclic) bond motifs is 1. The van der Waals surface area contributed by atoms with Crippen molar-refractivity contribution in [3.05, 3.63) is 11.6 Å². The van der Waals surface area contributed by atoms with Crippen LogP contribution in [0.2, 0.25) is 0 Å². The van der Waals surface area contributed by atoms with Gasteiger partial charge < -0.3 is 20.7 Å². The molecule has 30 heavy (non-hydrogen) atoms. The van der Waals surface area contributed by atoms with Crippen molar-refractivity contribution in [2.45, 2.75) is 85.5 Å². The molecular weight excluding hydrogens is 497 g/mol. The van der Waals surface area contributed by atoms with Gasteiger partial charge in [0.2, 0.25) is 0 Å². The zero-order valence-corrected chi connectivity index (χ0v) is 21.6. The number of amides is 1. The number of aryl methyl sites for hydroxylation is 2. The average Bonchev–Trinajstić information content (AvgIpc) is 2.96. The van der Waals surface area contributed by atoms with Crippen LogP contribution in [0.1, 0.15) is 59.6 Å². The highest BCUT2D eigenvalue weighted by Gasteiger charge is 2.23. The van der Waals surface area contributed by atoms with Crippen molar-refractivity contribution >= 4 is 36.0 Å². The van der Waals surface area contributed by atoms with Gasteiger partial charge in [-0.1, -0.05) is 13.8 Å². The van der Waals surface area contributed by atoms with Crippen LogP contribution in [-0.2, 0) is 17.7 Å². The highest BCUT2D eigenvalue weighted by Crippen LogP contribution is 2.13. The van der Waals surface area contributed by atoms with Crippen LogP contribution in [0.5, 0.6) is 0 Å². The van der Waals surface area contributed by atoms with Crippen molar-refractivity contribution in [3.63, 3.8) is 0 Å². The second-order valence-electron chi connectivity index (χ2n) is 8.85. The lowest BCUT2D eigenvalue weighted by Crippen LogP contribution is -2.48. The number of aromatic nitrogens is 3. The van der Waals surface area contributed by atoms with E-state index in [0.29, 0.717) is 6.54 Å². The van der Waals surface area contributed by atoms with Crippen LogP contribution in [0, 0.1) is 12.8 Å². The van der Waals surface area contributed by atoms with Crippen molar-refractivity contribution in [3.8, 4) is 0 Å². The number of carbonyl (C=O) groups excluding carboxylic acids is 1. The van der Waals surface area contributed by atoms with E-state index in [4.69, 9.17) is 9.73 Å². The molecule has 0 saturated heterocycles. The minimum Gasteiger partial charge on any atom is -0.444 e. The molecule has 0 radical (unpaired) electrons. The molecule has 2 rings (SSSR count). The molecule has 2 atom stereocenters. The standard InChI is InChI=1S/C20H37N7O2.HI/c1-8-21-18(24-15-9-10-17-23-14(4)26-27(17)12-15)22-11-16(13(2)3)25-19(28)29-20(5,6)7;/h13,15-16H,8-12H2,1-7H3,(H,25,28)(H2,21,22,24);1H. The van der Waals surface area contributed by atoms with Crippen LogP contribution in [0.3, 0.4) is 0 Å². The molecule has 0 spiro atoms. The summed E-state index contributed by atoms with van der Waals surface area (Å²) in [4.78, 5) is 21.3. The fourth-order valence-corrected chi connectivity index (χ4v) is 3.14. The van der Waals surface area contributed by atoms with E-state index in [9.17, 15) is 4.79 Å². The summed E-state index contributed by atoms with van der Waals surface area (Å²) in [7, 11) is 0. The maximum absolute atomic E-state index is 12.2. The number of guanidine groups is 1. The summed E-state index contributed by atoms with van der Waals surface area (Å²) < 4.78 is 7.36. The first-order valence-electron chi connectivity index (χ1n) is 10.5. The third-order valence-corrected chi connectivity index (χ3v) is 4.60. The summed E-state index contributed by atoms with van der Waals surface area (Å²) in [5.74, 6) is 2.83. The fourth-order valence-electron chi connectivity index (χ4n) is 3.14. The van der Waals surface area contributed by atoms with Gasteiger partial charge >= 0.3 is 6.09 Å². The van der Waals surface area contributed by atoms with Gasteiger partial charge in [0, 0.05) is 19.0 Å². The monoisotopic (exact) mass is 535 g/mol. The number of hydrogen-bond donors (Lipinski definition) is 3. The van der Waals surface area contributed by atoms with E-state index >= 15 is 0 Å². The van der Waals surface area contributed by atoms with Crippen LogP contribution in [0.25, 0.3) is 0 Å². The lowest BCUT2D eigenvalue weighted by atomic mass is 10.1. The van der Waals surface area contributed by atoms with E-state index < -0.39 is 11.7 Å². The third kappa shape index (κ3) is 8.65. The Balaban J connectivity index is 0.00000450. The summed E-state index contributed by atoms with van der Waals surface area (Å²) in [5, 5.41) is 14.2. The van der Waals surface area contributed by atoms with Crippen LogP contribution in [0.4, 0.5) is 4.79 Å². The van der Waals surface area contributed by atoms with Crippen LogP contribution in [-0.4, -0.2) is 57.6 Å². The fraction of sp³-hybridized carbons (Fsp3) is 0.800. The van der Waals surface area contributed by atoms with Crippen molar-refractivity contribution in [2.75, 3.05) is 13.1 Å². The van der Waals surface area contributed by atoms with Crippen molar-refractivity contribution in [1.82, 2.24) is 30.7 Å². The molecule has 2 unspecified atom stereocenters. The van der Waals surface area contributed by atoms with E-state index in [1.54, 1.807) is 0 Å².